The number of ether oxygens (including phenoxy) is 2. The number of esters is 1. The summed E-state index contributed by atoms with van der Waals surface area (Å²) in [7, 11) is 1.59. The molecular formula is C21H20O4. The van der Waals surface area contributed by atoms with E-state index < -0.39 is 0 Å². The number of fused-ring (bicyclic) bond motifs is 1. The number of hydrogen-bond donors (Lipinski definition) is 0. The second-order valence-electron chi connectivity index (χ2n) is 6.78. The van der Waals surface area contributed by atoms with Gasteiger partial charge >= 0.3 is 5.97 Å². The lowest BCUT2D eigenvalue weighted by Gasteiger charge is -2.16. The van der Waals surface area contributed by atoms with Crippen molar-refractivity contribution in [1.29, 1.82) is 0 Å². The molecule has 0 aliphatic heterocycles. The van der Waals surface area contributed by atoms with Gasteiger partial charge in [-0.3, -0.25) is 9.59 Å². The molecule has 128 valence electrons. The number of carbonyl (C=O) groups is 2. The number of hydrogen-bond acceptors (Lipinski definition) is 4. The lowest BCUT2D eigenvalue weighted by molar-refractivity contribution is -0.135. The molecule has 0 bridgehead atoms. The van der Waals surface area contributed by atoms with Crippen LogP contribution in [-0.4, -0.2) is 18.9 Å². The van der Waals surface area contributed by atoms with E-state index in [1.165, 1.54) is 0 Å². The number of Topliss-reactive ketones (excluding diaryl/α,β-unsaturated/α-hetero) is 1. The maximum atomic E-state index is 12.2. The van der Waals surface area contributed by atoms with Crippen molar-refractivity contribution in [2.75, 3.05) is 7.11 Å². The van der Waals surface area contributed by atoms with Gasteiger partial charge in [-0.1, -0.05) is 30.3 Å². The van der Waals surface area contributed by atoms with Gasteiger partial charge in [0, 0.05) is 17.5 Å². The summed E-state index contributed by atoms with van der Waals surface area (Å²) in [4.78, 5) is 24.1. The lowest BCUT2D eigenvalue weighted by atomic mass is 9.98. The molecule has 0 amide bonds. The first kappa shape index (κ1) is 15.9. The Balaban J connectivity index is 1.81. The van der Waals surface area contributed by atoms with E-state index >= 15 is 0 Å². The number of methoxy groups -OCH3 is 1. The molecule has 25 heavy (non-hydrogen) atoms. The molecule has 2 aromatic rings. The normalized spacial score (nSPS) is 15.8. The maximum absolute atomic E-state index is 12.2. The van der Waals surface area contributed by atoms with E-state index in [4.69, 9.17) is 9.47 Å². The third-order valence-corrected chi connectivity index (χ3v) is 4.96. The number of ketones is 1. The summed E-state index contributed by atoms with van der Waals surface area (Å²) in [5.41, 5.74) is 4.53. The van der Waals surface area contributed by atoms with Crippen molar-refractivity contribution in [2.24, 2.45) is 5.92 Å². The molecule has 1 saturated carbocycles. The number of aryl methyl sites for hydroxylation is 2. The Morgan fingerprint density at radius 3 is 2.52 bits per heavy atom. The molecule has 4 rings (SSSR count). The molecule has 0 heterocycles. The monoisotopic (exact) mass is 336 g/mol. The SMILES string of the molecule is COc1c(C)ccc(-c2ccc3c(c2)CCC3=O)c1OC(=O)C1CC1. The zero-order valence-corrected chi connectivity index (χ0v) is 14.4. The topological polar surface area (TPSA) is 52.6 Å². The highest BCUT2D eigenvalue weighted by atomic mass is 16.6. The van der Waals surface area contributed by atoms with E-state index in [1.54, 1.807) is 7.11 Å². The van der Waals surface area contributed by atoms with E-state index in [9.17, 15) is 9.59 Å². The van der Waals surface area contributed by atoms with Crippen LogP contribution in [0.25, 0.3) is 11.1 Å². The standard InChI is InChI=1S/C21H20O4/c1-12-3-8-17(15-6-9-16-14(11-15)7-10-18(16)22)20(19(12)24-2)25-21(23)13-4-5-13/h3,6,8-9,11,13H,4-5,7,10H2,1-2H3. The Kier molecular flexibility index (Phi) is 3.83. The van der Waals surface area contributed by atoms with Gasteiger partial charge in [0.2, 0.25) is 0 Å². The second-order valence-corrected chi connectivity index (χ2v) is 6.78. The van der Waals surface area contributed by atoms with Crippen LogP contribution in [0.1, 0.15) is 40.7 Å². The summed E-state index contributed by atoms with van der Waals surface area (Å²) in [5.74, 6) is 1.08. The molecule has 0 radical (unpaired) electrons. The average molecular weight is 336 g/mol. The molecule has 4 nitrogen and oxygen atoms in total. The van der Waals surface area contributed by atoms with Crippen LogP contribution >= 0.6 is 0 Å². The van der Waals surface area contributed by atoms with Crippen LogP contribution in [0.5, 0.6) is 11.5 Å². The van der Waals surface area contributed by atoms with Crippen molar-refractivity contribution in [3.63, 3.8) is 0 Å². The van der Waals surface area contributed by atoms with E-state index in [0.29, 0.717) is 17.9 Å². The van der Waals surface area contributed by atoms with Crippen LogP contribution in [0.3, 0.4) is 0 Å². The Morgan fingerprint density at radius 2 is 1.80 bits per heavy atom. The minimum Gasteiger partial charge on any atom is -0.493 e. The van der Waals surface area contributed by atoms with Crippen LogP contribution in [-0.2, 0) is 11.2 Å². The first-order chi connectivity index (χ1) is 12.1. The van der Waals surface area contributed by atoms with Crippen molar-refractivity contribution < 1.29 is 19.1 Å². The molecule has 4 heteroatoms. The molecule has 1 fully saturated rings. The van der Waals surface area contributed by atoms with Crippen LogP contribution in [0.2, 0.25) is 0 Å². The van der Waals surface area contributed by atoms with E-state index in [1.807, 2.05) is 37.3 Å². The molecular weight excluding hydrogens is 316 g/mol. The van der Waals surface area contributed by atoms with Crippen molar-refractivity contribution in [1.82, 2.24) is 0 Å². The molecule has 2 aliphatic rings. The highest BCUT2D eigenvalue weighted by Crippen LogP contribution is 2.43. The summed E-state index contributed by atoms with van der Waals surface area (Å²) in [6, 6.07) is 9.73. The zero-order valence-electron chi connectivity index (χ0n) is 14.4. The Bertz CT molecular complexity index is 878. The highest BCUT2D eigenvalue weighted by molar-refractivity contribution is 6.01. The molecule has 0 saturated heterocycles. The largest absolute Gasteiger partial charge is 0.493 e. The van der Waals surface area contributed by atoms with Crippen molar-refractivity contribution in [2.45, 2.75) is 32.6 Å². The van der Waals surface area contributed by atoms with Crippen molar-refractivity contribution in [3.05, 3.63) is 47.0 Å². The number of carbonyl (C=O) groups excluding carboxylic acids is 2. The Hall–Kier alpha value is -2.62. The van der Waals surface area contributed by atoms with Crippen LogP contribution < -0.4 is 9.47 Å². The average Bonchev–Trinajstić information content (AvgIpc) is 3.39. The van der Waals surface area contributed by atoms with Gasteiger partial charge in [-0.05, 0) is 42.9 Å². The van der Waals surface area contributed by atoms with Gasteiger partial charge in [0.1, 0.15) is 0 Å². The predicted octanol–water partition coefficient (Wildman–Crippen LogP) is 4.11. The molecule has 0 spiro atoms. The van der Waals surface area contributed by atoms with E-state index in [0.717, 1.165) is 47.1 Å². The smallest absolute Gasteiger partial charge is 0.314 e. The van der Waals surface area contributed by atoms with Gasteiger partial charge in [0.15, 0.2) is 17.3 Å². The molecule has 2 aromatic carbocycles. The fraction of sp³-hybridized carbons (Fsp3) is 0.333. The number of rotatable bonds is 4. The summed E-state index contributed by atoms with van der Waals surface area (Å²) < 4.78 is 11.3. The molecule has 0 aromatic heterocycles. The van der Waals surface area contributed by atoms with Gasteiger partial charge in [0.05, 0.1) is 13.0 Å². The molecule has 2 aliphatic carbocycles. The van der Waals surface area contributed by atoms with E-state index in [-0.39, 0.29) is 17.7 Å². The molecule has 0 unspecified atom stereocenters. The van der Waals surface area contributed by atoms with Crippen LogP contribution in [0.15, 0.2) is 30.3 Å². The number of benzene rings is 2. The van der Waals surface area contributed by atoms with Crippen molar-refractivity contribution >= 4 is 11.8 Å². The third-order valence-electron chi connectivity index (χ3n) is 4.96. The summed E-state index contributed by atoms with van der Waals surface area (Å²) in [6.45, 7) is 1.93. The zero-order chi connectivity index (χ0) is 17.6. The quantitative estimate of drug-likeness (QED) is 0.623. The minimum atomic E-state index is -0.193. The van der Waals surface area contributed by atoms with Gasteiger partial charge in [-0.25, -0.2) is 0 Å². The molecule has 0 N–H and O–H groups in total. The van der Waals surface area contributed by atoms with Gasteiger partial charge in [-0.15, -0.1) is 0 Å². The van der Waals surface area contributed by atoms with Crippen LogP contribution in [0, 0.1) is 12.8 Å². The third kappa shape index (κ3) is 2.82. The second kappa shape index (κ2) is 6.03. The molecule has 0 atom stereocenters. The fourth-order valence-electron chi connectivity index (χ4n) is 3.37. The summed E-state index contributed by atoms with van der Waals surface area (Å²) in [5, 5.41) is 0. The summed E-state index contributed by atoms with van der Waals surface area (Å²) >= 11 is 0. The predicted molar refractivity (Wildman–Crippen MR) is 94.2 cm³/mol. The minimum absolute atomic E-state index is 0.00992. The Labute approximate surface area is 146 Å². The Morgan fingerprint density at radius 1 is 1.04 bits per heavy atom. The lowest BCUT2D eigenvalue weighted by Crippen LogP contribution is -2.12. The van der Waals surface area contributed by atoms with E-state index in [2.05, 4.69) is 0 Å². The van der Waals surface area contributed by atoms with Gasteiger partial charge < -0.3 is 9.47 Å². The first-order valence-corrected chi connectivity index (χ1v) is 8.64. The van der Waals surface area contributed by atoms with Gasteiger partial charge in [-0.2, -0.15) is 0 Å². The first-order valence-electron chi connectivity index (χ1n) is 8.64. The van der Waals surface area contributed by atoms with Crippen LogP contribution in [0.4, 0.5) is 0 Å². The van der Waals surface area contributed by atoms with Crippen molar-refractivity contribution in [3.8, 4) is 22.6 Å². The highest BCUT2D eigenvalue weighted by Gasteiger charge is 2.33. The van der Waals surface area contributed by atoms with Gasteiger partial charge in [0.25, 0.3) is 0 Å². The maximum Gasteiger partial charge on any atom is 0.314 e. The fourth-order valence-corrected chi connectivity index (χ4v) is 3.37. The summed E-state index contributed by atoms with van der Waals surface area (Å²) in [6.07, 6.45) is 3.12.